The van der Waals surface area contributed by atoms with Gasteiger partial charge in [0.1, 0.15) is 11.2 Å². The second-order valence-electron chi connectivity index (χ2n) is 6.51. The van der Waals surface area contributed by atoms with E-state index in [1.54, 1.807) is 0 Å². The summed E-state index contributed by atoms with van der Waals surface area (Å²) in [5.41, 5.74) is -0.966. The van der Waals surface area contributed by atoms with Crippen molar-refractivity contribution in [3.05, 3.63) is 0 Å². The topological polar surface area (TPSA) is 71.1 Å². The van der Waals surface area contributed by atoms with Gasteiger partial charge >= 0.3 is 11.9 Å². The molecule has 0 aliphatic rings. The van der Waals surface area contributed by atoms with Crippen LogP contribution in [0.2, 0.25) is 0 Å². The Labute approximate surface area is 133 Å². The van der Waals surface area contributed by atoms with E-state index in [0.29, 0.717) is 12.8 Å². The Balaban J connectivity index is 3.72. The maximum Gasteiger partial charge on any atom is 0.342 e. The molecule has 0 saturated heterocycles. The lowest BCUT2D eigenvalue weighted by Crippen LogP contribution is -2.25. The van der Waals surface area contributed by atoms with Gasteiger partial charge in [0, 0.05) is 12.8 Å². The Bertz CT molecular complexity index is 315. The summed E-state index contributed by atoms with van der Waals surface area (Å²) in [6.45, 7) is 11.3. The van der Waals surface area contributed by atoms with Crippen molar-refractivity contribution < 1.29 is 29.1 Å². The zero-order valence-electron chi connectivity index (χ0n) is 14.7. The Kier molecular flexibility index (Phi) is 9.28. The van der Waals surface area contributed by atoms with E-state index >= 15 is 0 Å². The monoisotopic (exact) mass is 318 g/mol. The van der Waals surface area contributed by atoms with Gasteiger partial charge in [-0.15, -0.1) is 0 Å². The summed E-state index contributed by atoms with van der Waals surface area (Å²) in [4.78, 5) is 42.5. The molecule has 0 amide bonds. The van der Waals surface area contributed by atoms with Crippen molar-refractivity contribution in [1.29, 1.82) is 0 Å². The van der Waals surface area contributed by atoms with E-state index in [9.17, 15) is 9.59 Å². The van der Waals surface area contributed by atoms with Crippen molar-refractivity contribution in [3.8, 4) is 0 Å². The van der Waals surface area contributed by atoms with E-state index in [1.807, 2.05) is 41.5 Å². The van der Waals surface area contributed by atoms with Crippen LogP contribution >= 0.6 is 0 Å². The molecule has 0 aromatic carbocycles. The van der Waals surface area contributed by atoms with Gasteiger partial charge in [0.05, 0.1) is 0 Å². The summed E-state index contributed by atoms with van der Waals surface area (Å²) < 4.78 is 0. The molecule has 0 aromatic rings. The highest BCUT2D eigenvalue weighted by Crippen LogP contribution is 2.16. The summed E-state index contributed by atoms with van der Waals surface area (Å²) in [5, 5.41) is 0. The van der Waals surface area contributed by atoms with E-state index < -0.39 is 23.1 Å². The van der Waals surface area contributed by atoms with Gasteiger partial charge in [-0.3, -0.25) is 9.78 Å². The fraction of sp³-hybridized carbons (Fsp3) is 0.875. The third kappa shape index (κ3) is 10.6. The third-order valence-electron chi connectivity index (χ3n) is 3.44. The van der Waals surface area contributed by atoms with Crippen LogP contribution in [0.15, 0.2) is 0 Å². The molecule has 6 nitrogen and oxygen atoms in total. The molecular weight excluding hydrogens is 288 g/mol. The average molecular weight is 318 g/mol. The van der Waals surface area contributed by atoms with Crippen LogP contribution in [0.4, 0.5) is 0 Å². The van der Waals surface area contributed by atoms with E-state index in [4.69, 9.17) is 19.6 Å². The molecule has 0 aromatic heterocycles. The Morgan fingerprint density at radius 3 is 1.32 bits per heavy atom. The lowest BCUT2D eigenvalue weighted by atomic mass is 10.1. The largest absolute Gasteiger partial charge is 0.342 e. The second-order valence-corrected chi connectivity index (χ2v) is 6.51. The van der Waals surface area contributed by atoms with E-state index in [1.165, 1.54) is 0 Å². The van der Waals surface area contributed by atoms with Crippen LogP contribution in [0.25, 0.3) is 0 Å². The molecule has 0 N–H and O–H groups in total. The Morgan fingerprint density at radius 2 is 1.05 bits per heavy atom. The number of hydrogen-bond donors (Lipinski definition) is 0. The summed E-state index contributed by atoms with van der Waals surface area (Å²) in [7, 11) is 0. The maximum absolute atomic E-state index is 11.5. The van der Waals surface area contributed by atoms with Crippen molar-refractivity contribution in [2.45, 2.75) is 91.3 Å². The Morgan fingerprint density at radius 1 is 0.727 bits per heavy atom. The fourth-order valence-corrected chi connectivity index (χ4v) is 1.06. The van der Waals surface area contributed by atoms with Crippen molar-refractivity contribution in [1.82, 2.24) is 0 Å². The molecule has 22 heavy (non-hydrogen) atoms. The highest BCUT2D eigenvalue weighted by Gasteiger charge is 2.20. The van der Waals surface area contributed by atoms with Gasteiger partial charge < -0.3 is 0 Å². The molecule has 0 rings (SSSR count). The van der Waals surface area contributed by atoms with Gasteiger partial charge in [-0.05, 0) is 53.4 Å². The minimum absolute atomic E-state index is 0.203. The molecule has 0 saturated carbocycles. The molecule has 0 aliphatic heterocycles. The maximum atomic E-state index is 11.5. The number of hydrogen-bond acceptors (Lipinski definition) is 6. The lowest BCUT2D eigenvalue weighted by molar-refractivity contribution is -0.326. The molecule has 0 radical (unpaired) electrons. The van der Waals surface area contributed by atoms with Crippen LogP contribution in [0.3, 0.4) is 0 Å². The van der Waals surface area contributed by atoms with Crippen LogP contribution in [0.5, 0.6) is 0 Å². The predicted molar refractivity (Wildman–Crippen MR) is 81.6 cm³/mol. The zero-order chi connectivity index (χ0) is 17.2. The molecule has 0 atom stereocenters. The van der Waals surface area contributed by atoms with E-state index in [0.717, 1.165) is 12.8 Å². The van der Waals surface area contributed by atoms with Gasteiger partial charge in [-0.1, -0.05) is 13.8 Å². The second kappa shape index (κ2) is 9.79. The lowest BCUT2D eigenvalue weighted by Gasteiger charge is -2.20. The molecule has 0 unspecified atom stereocenters. The molecule has 0 fully saturated rings. The highest BCUT2D eigenvalue weighted by molar-refractivity contribution is 5.69. The Hall–Kier alpha value is -1.14. The van der Waals surface area contributed by atoms with Crippen molar-refractivity contribution in [3.63, 3.8) is 0 Å². The summed E-state index contributed by atoms with van der Waals surface area (Å²) in [6.07, 6.45) is 2.94. The quantitative estimate of drug-likeness (QED) is 0.327. The van der Waals surface area contributed by atoms with Crippen molar-refractivity contribution in [2.75, 3.05) is 0 Å². The van der Waals surface area contributed by atoms with Crippen LogP contribution in [0.1, 0.15) is 80.1 Å². The number of carbonyl (C=O) groups is 2. The number of rotatable bonds is 11. The normalized spacial score (nSPS) is 12.1. The molecular formula is C16H30O6. The molecule has 0 heterocycles. The minimum Gasteiger partial charge on any atom is -0.298 e. The summed E-state index contributed by atoms with van der Waals surface area (Å²) in [6, 6.07) is 0. The molecule has 130 valence electrons. The van der Waals surface area contributed by atoms with E-state index in [2.05, 4.69) is 0 Å². The first-order valence-electron chi connectivity index (χ1n) is 7.89. The van der Waals surface area contributed by atoms with Crippen LogP contribution in [-0.4, -0.2) is 23.1 Å². The van der Waals surface area contributed by atoms with Gasteiger partial charge in [0.2, 0.25) is 0 Å². The highest BCUT2D eigenvalue weighted by atomic mass is 17.2. The van der Waals surface area contributed by atoms with Crippen LogP contribution in [-0.2, 0) is 29.1 Å². The van der Waals surface area contributed by atoms with Gasteiger partial charge in [0.25, 0.3) is 0 Å². The summed E-state index contributed by atoms with van der Waals surface area (Å²) in [5.74, 6) is -0.864. The van der Waals surface area contributed by atoms with Gasteiger partial charge in [-0.2, -0.15) is 9.78 Å². The predicted octanol–water partition coefficient (Wildman–Crippen LogP) is 3.87. The smallest absolute Gasteiger partial charge is 0.298 e. The molecule has 6 heteroatoms. The van der Waals surface area contributed by atoms with Gasteiger partial charge in [-0.25, -0.2) is 9.59 Å². The number of unbranched alkanes of at least 4 members (excludes halogenated alkanes) is 1. The SMILES string of the molecule is CCC(C)(C)OOC(=O)CCCCC(=O)OOC(C)(C)CC. The average Bonchev–Trinajstić information content (AvgIpc) is 2.47. The molecule has 0 spiro atoms. The van der Waals surface area contributed by atoms with E-state index in [-0.39, 0.29) is 12.8 Å². The third-order valence-corrected chi connectivity index (χ3v) is 3.44. The zero-order valence-corrected chi connectivity index (χ0v) is 14.7. The number of carbonyl (C=O) groups excluding carboxylic acids is 2. The summed E-state index contributed by atoms with van der Waals surface area (Å²) >= 11 is 0. The first kappa shape index (κ1) is 20.9. The van der Waals surface area contributed by atoms with Gasteiger partial charge in [0.15, 0.2) is 0 Å². The van der Waals surface area contributed by atoms with Crippen LogP contribution < -0.4 is 0 Å². The first-order chi connectivity index (χ1) is 10.1. The van der Waals surface area contributed by atoms with Crippen molar-refractivity contribution >= 4 is 11.9 Å². The fourth-order valence-electron chi connectivity index (χ4n) is 1.06. The standard InChI is InChI=1S/C16H30O6/c1-7-15(3,4)21-19-13(17)11-9-10-12-14(18)20-22-16(5,6)8-2/h7-12H2,1-6H3. The van der Waals surface area contributed by atoms with Crippen LogP contribution in [0, 0.1) is 0 Å². The minimum atomic E-state index is -0.483. The van der Waals surface area contributed by atoms with Crippen molar-refractivity contribution in [2.24, 2.45) is 0 Å². The molecule has 0 aliphatic carbocycles. The molecule has 0 bridgehead atoms. The first-order valence-corrected chi connectivity index (χ1v) is 7.89.